The lowest BCUT2D eigenvalue weighted by Crippen LogP contribution is -2.29. The molecule has 4 rings (SSSR count). The molecule has 0 bridgehead atoms. The Bertz CT molecular complexity index is 1430. The lowest BCUT2D eigenvalue weighted by atomic mass is 10.0. The molecule has 33 heavy (non-hydrogen) atoms. The number of pyridine rings is 2. The second-order valence-corrected chi connectivity index (χ2v) is 8.44. The third-order valence-corrected chi connectivity index (χ3v) is 5.60. The lowest BCUT2D eigenvalue weighted by Gasteiger charge is -2.13. The zero-order valence-corrected chi connectivity index (χ0v) is 19.2. The van der Waals surface area contributed by atoms with Gasteiger partial charge in [0.05, 0.1) is 10.9 Å². The fraction of sp³-hybridized carbons (Fsp3) is 0.120. The predicted molar refractivity (Wildman–Crippen MR) is 129 cm³/mol. The fourth-order valence-electron chi connectivity index (χ4n) is 3.44. The maximum absolute atomic E-state index is 13.1. The Labute approximate surface area is 199 Å². The quantitative estimate of drug-likeness (QED) is 0.411. The van der Waals surface area contributed by atoms with E-state index in [0.29, 0.717) is 27.9 Å². The molecule has 0 atom stereocenters. The number of benzene rings is 2. The molecule has 8 heteroatoms. The maximum Gasteiger partial charge on any atom is 0.240 e. The third kappa shape index (κ3) is 5.13. The molecule has 4 aromatic rings. The minimum Gasteiger partial charge on any atom is -0.350 e. The largest absolute Gasteiger partial charge is 0.350 e. The molecule has 2 aromatic heterocycles. The number of carbonyl (C=O) groups is 2. The number of nitrogens with zero attached hydrogens (tertiary/aromatic N) is 2. The van der Waals surface area contributed by atoms with Crippen LogP contribution >= 0.6 is 23.2 Å². The number of carbonyl (C=O) groups excluding carboxylic acids is 2. The van der Waals surface area contributed by atoms with Crippen LogP contribution in [-0.4, -0.2) is 21.2 Å². The second kappa shape index (κ2) is 9.57. The van der Waals surface area contributed by atoms with Crippen LogP contribution in [0.4, 0.5) is 0 Å². The molecular formula is C25H19Cl2N3O3. The molecule has 6 nitrogen and oxygen atoms in total. The maximum atomic E-state index is 13.1. The summed E-state index contributed by atoms with van der Waals surface area (Å²) in [7, 11) is 0. The van der Waals surface area contributed by atoms with Gasteiger partial charge in [0.25, 0.3) is 0 Å². The van der Waals surface area contributed by atoms with Crippen LogP contribution in [0.2, 0.25) is 10.0 Å². The zero-order chi connectivity index (χ0) is 23.5. The van der Waals surface area contributed by atoms with E-state index in [1.54, 1.807) is 49.4 Å². The molecule has 0 saturated heterocycles. The number of hydrogen-bond acceptors (Lipinski definition) is 4. The molecule has 0 fully saturated rings. The summed E-state index contributed by atoms with van der Waals surface area (Å²) in [5.41, 5.74) is 1.71. The van der Waals surface area contributed by atoms with Gasteiger partial charge in [0.15, 0.2) is 5.78 Å². The van der Waals surface area contributed by atoms with E-state index in [1.807, 2.05) is 12.1 Å². The highest BCUT2D eigenvalue weighted by Crippen LogP contribution is 2.17. The van der Waals surface area contributed by atoms with Gasteiger partial charge in [-0.05, 0) is 48.9 Å². The standard InChI is InChI=1S/C25H19Cl2N3O3/c1-15-5-10-20-24(33)21(23(32)17-3-2-4-19(27)11-17)13-30(25(20)29-15)14-22(31)28-12-16-6-8-18(26)9-7-16/h2-11,13H,12,14H2,1H3,(H,28,31). The Hall–Kier alpha value is -3.48. The lowest BCUT2D eigenvalue weighted by molar-refractivity contribution is -0.121. The summed E-state index contributed by atoms with van der Waals surface area (Å²) in [6.07, 6.45) is 1.39. The zero-order valence-electron chi connectivity index (χ0n) is 17.6. The highest BCUT2D eigenvalue weighted by Gasteiger charge is 2.19. The molecule has 0 aliphatic carbocycles. The number of aromatic nitrogens is 2. The first-order chi connectivity index (χ1) is 15.8. The van der Waals surface area contributed by atoms with Crippen molar-refractivity contribution in [2.75, 3.05) is 0 Å². The molecule has 0 spiro atoms. The van der Waals surface area contributed by atoms with Crippen molar-refractivity contribution >= 4 is 45.9 Å². The molecule has 0 aliphatic rings. The number of halogens is 2. The Kier molecular flexibility index (Phi) is 6.58. The SMILES string of the molecule is Cc1ccc2c(=O)c(C(=O)c3cccc(Cl)c3)cn(CC(=O)NCc3ccc(Cl)cc3)c2n1. The summed E-state index contributed by atoms with van der Waals surface area (Å²) in [5.74, 6) is -0.764. The van der Waals surface area contributed by atoms with E-state index in [2.05, 4.69) is 10.3 Å². The van der Waals surface area contributed by atoms with Gasteiger partial charge in [-0.2, -0.15) is 0 Å². The molecule has 166 valence electrons. The Morgan fingerprint density at radius 1 is 1.00 bits per heavy atom. The summed E-state index contributed by atoms with van der Waals surface area (Å²) < 4.78 is 1.53. The van der Waals surface area contributed by atoms with E-state index < -0.39 is 11.2 Å². The van der Waals surface area contributed by atoms with Gasteiger partial charge in [0.1, 0.15) is 12.2 Å². The molecule has 0 unspecified atom stereocenters. The van der Waals surface area contributed by atoms with Crippen LogP contribution in [0.1, 0.15) is 27.2 Å². The van der Waals surface area contributed by atoms with Gasteiger partial charge in [0, 0.05) is 34.0 Å². The smallest absolute Gasteiger partial charge is 0.240 e. The third-order valence-electron chi connectivity index (χ3n) is 5.11. The first-order valence-electron chi connectivity index (χ1n) is 10.1. The first kappa shape index (κ1) is 22.7. The van der Waals surface area contributed by atoms with Gasteiger partial charge in [-0.15, -0.1) is 0 Å². The first-order valence-corrected chi connectivity index (χ1v) is 10.9. The molecule has 0 radical (unpaired) electrons. The average molecular weight is 480 g/mol. The van der Waals surface area contributed by atoms with Crippen molar-refractivity contribution in [2.45, 2.75) is 20.0 Å². The van der Waals surface area contributed by atoms with Crippen LogP contribution in [-0.2, 0) is 17.9 Å². The monoisotopic (exact) mass is 479 g/mol. The Morgan fingerprint density at radius 3 is 2.48 bits per heavy atom. The van der Waals surface area contributed by atoms with E-state index in [4.69, 9.17) is 23.2 Å². The van der Waals surface area contributed by atoms with E-state index in [1.165, 1.54) is 16.8 Å². The number of amides is 1. The minimum absolute atomic E-state index is 0.0547. The minimum atomic E-state index is -0.472. The number of nitrogens with one attached hydrogen (secondary N) is 1. The van der Waals surface area contributed by atoms with Crippen molar-refractivity contribution in [1.82, 2.24) is 14.9 Å². The Balaban J connectivity index is 1.68. The van der Waals surface area contributed by atoms with Crippen molar-refractivity contribution < 1.29 is 9.59 Å². The van der Waals surface area contributed by atoms with Crippen LogP contribution in [0, 0.1) is 6.92 Å². The highest BCUT2D eigenvalue weighted by molar-refractivity contribution is 6.31. The summed E-state index contributed by atoms with van der Waals surface area (Å²) in [5, 5.41) is 4.10. The molecule has 1 amide bonds. The van der Waals surface area contributed by atoms with Crippen LogP contribution in [0.15, 0.2) is 71.7 Å². The van der Waals surface area contributed by atoms with Crippen molar-refractivity contribution in [1.29, 1.82) is 0 Å². The molecule has 1 N–H and O–H groups in total. The predicted octanol–water partition coefficient (Wildman–Crippen LogP) is 4.56. The van der Waals surface area contributed by atoms with Gasteiger partial charge in [0.2, 0.25) is 11.3 Å². The number of rotatable bonds is 6. The van der Waals surface area contributed by atoms with Crippen LogP contribution in [0.3, 0.4) is 0 Å². The second-order valence-electron chi connectivity index (χ2n) is 7.57. The normalized spacial score (nSPS) is 10.9. The van der Waals surface area contributed by atoms with Crippen molar-refractivity contribution in [3.63, 3.8) is 0 Å². The van der Waals surface area contributed by atoms with E-state index in [0.717, 1.165) is 5.56 Å². The van der Waals surface area contributed by atoms with E-state index in [-0.39, 0.29) is 29.0 Å². The average Bonchev–Trinajstić information content (AvgIpc) is 2.80. The topological polar surface area (TPSA) is 81.1 Å². The van der Waals surface area contributed by atoms with Crippen molar-refractivity contribution in [2.24, 2.45) is 0 Å². The number of fused-ring (bicyclic) bond motifs is 1. The number of aryl methyl sites for hydroxylation is 1. The van der Waals surface area contributed by atoms with Gasteiger partial charge in [-0.25, -0.2) is 4.98 Å². The van der Waals surface area contributed by atoms with Gasteiger partial charge in [-0.1, -0.05) is 47.5 Å². The van der Waals surface area contributed by atoms with E-state index >= 15 is 0 Å². The Morgan fingerprint density at radius 2 is 1.76 bits per heavy atom. The van der Waals surface area contributed by atoms with Gasteiger partial charge in [-0.3, -0.25) is 14.4 Å². The van der Waals surface area contributed by atoms with Crippen molar-refractivity contribution in [3.8, 4) is 0 Å². The van der Waals surface area contributed by atoms with Gasteiger partial charge >= 0.3 is 0 Å². The fourth-order valence-corrected chi connectivity index (χ4v) is 3.76. The van der Waals surface area contributed by atoms with Crippen LogP contribution < -0.4 is 10.7 Å². The van der Waals surface area contributed by atoms with E-state index in [9.17, 15) is 14.4 Å². The molecule has 2 heterocycles. The van der Waals surface area contributed by atoms with Crippen molar-refractivity contribution in [3.05, 3.63) is 110 Å². The number of hydrogen-bond donors (Lipinski definition) is 1. The van der Waals surface area contributed by atoms with Crippen LogP contribution in [0.25, 0.3) is 11.0 Å². The van der Waals surface area contributed by atoms with Gasteiger partial charge < -0.3 is 9.88 Å². The number of ketones is 1. The molecule has 0 aliphatic heterocycles. The molecule has 2 aromatic carbocycles. The summed E-state index contributed by atoms with van der Waals surface area (Å²) in [4.78, 5) is 43.3. The molecule has 0 saturated carbocycles. The van der Waals surface area contributed by atoms with Crippen LogP contribution in [0.5, 0.6) is 0 Å². The summed E-state index contributed by atoms with van der Waals surface area (Å²) >= 11 is 11.9. The summed E-state index contributed by atoms with van der Waals surface area (Å²) in [6.45, 7) is 1.99. The summed E-state index contributed by atoms with van der Waals surface area (Å²) in [6, 6.07) is 16.8. The molecular weight excluding hydrogens is 461 g/mol. The highest BCUT2D eigenvalue weighted by atomic mass is 35.5.